The summed E-state index contributed by atoms with van der Waals surface area (Å²) < 4.78 is 62.0. The average molecular weight is 526 g/mol. The normalized spacial score (nSPS) is 16.0. The predicted molar refractivity (Wildman–Crippen MR) is 133 cm³/mol. The van der Waals surface area contributed by atoms with Crippen LogP contribution in [0.3, 0.4) is 0 Å². The summed E-state index contributed by atoms with van der Waals surface area (Å²) in [5.74, 6) is -0.506. The highest BCUT2D eigenvalue weighted by Crippen LogP contribution is 2.39. The number of rotatable bonds is 6. The van der Waals surface area contributed by atoms with Crippen LogP contribution in [0.1, 0.15) is 19.0 Å². The van der Waals surface area contributed by atoms with E-state index in [0.29, 0.717) is 51.8 Å². The lowest BCUT2D eigenvalue weighted by molar-refractivity contribution is -0.141. The maximum atomic E-state index is 14.7. The fraction of sp³-hybridized carbons (Fsp3) is 0.280. The summed E-state index contributed by atoms with van der Waals surface area (Å²) in [7, 11) is 0. The molecule has 38 heavy (non-hydrogen) atoms. The number of fused-ring (bicyclic) bond motifs is 3. The molecule has 0 radical (unpaired) electrons. The summed E-state index contributed by atoms with van der Waals surface area (Å²) in [6.07, 6.45) is 1.92. The Hall–Kier alpha value is -4.26. The van der Waals surface area contributed by atoms with Crippen LogP contribution in [0.2, 0.25) is 0 Å². The topological polar surface area (TPSA) is 106 Å². The summed E-state index contributed by atoms with van der Waals surface area (Å²) in [6, 6.07) is 3.75. The van der Waals surface area contributed by atoms with E-state index in [9.17, 15) is 17.6 Å². The van der Waals surface area contributed by atoms with Crippen molar-refractivity contribution in [3.63, 3.8) is 0 Å². The van der Waals surface area contributed by atoms with Crippen molar-refractivity contribution in [2.45, 2.75) is 25.6 Å². The van der Waals surface area contributed by atoms with Crippen LogP contribution in [0.15, 0.2) is 43.0 Å². The molecule has 1 atom stereocenters. The van der Waals surface area contributed by atoms with Gasteiger partial charge in [0.15, 0.2) is 5.69 Å². The number of hydrogen-bond donors (Lipinski definition) is 3. The molecule has 9 nitrogen and oxygen atoms in total. The van der Waals surface area contributed by atoms with Crippen LogP contribution >= 0.6 is 0 Å². The second-order valence-electron chi connectivity index (χ2n) is 8.91. The van der Waals surface area contributed by atoms with E-state index in [1.54, 1.807) is 0 Å². The first kappa shape index (κ1) is 24.1. The Labute approximate surface area is 213 Å². The van der Waals surface area contributed by atoms with Crippen molar-refractivity contribution in [1.29, 1.82) is 0 Å². The predicted octanol–water partition coefficient (Wildman–Crippen LogP) is 4.69. The van der Waals surface area contributed by atoms with Gasteiger partial charge in [-0.1, -0.05) is 0 Å². The van der Waals surface area contributed by atoms with Gasteiger partial charge >= 0.3 is 12.2 Å². The Bertz CT molecular complexity index is 1620. The van der Waals surface area contributed by atoms with E-state index in [0.717, 1.165) is 23.7 Å². The molecule has 1 aliphatic rings. The van der Waals surface area contributed by atoms with Crippen molar-refractivity contribution in [2.24, 2.45) is 0 Å². The van der Waals surface area contributed by atoms with E-state index in [4.69, 9.17) is 4.74 Å². The zero-order valence-corrected chi connectivity index (χ0v) is 20.1. The van der Waals surface area contributed by atoms with Crippen LogP contribution in [0.5, 0.6) is 6.01 Å². The molecule has 0 spiro atoms. The van der Waals surface area contributed by atoms with Gasteiger partial charge in [-0.15, -0.1) is 0 Å². The maximum Gasteiger partial charge on any atom is 0.435 e. The first-order valence-corrected chi connectivity index (χ1v) is 12.0. The number of nitrogens with one attached hydrogen (secondary N) is 3. The van der Waals surface area contributed by atoms with Crippen LogP contribution in [0.25, 0.3) is 38.8 Å². The van der Waals surface area contributed by atoms with Crippen molar-refractivity contribution < 1.29 is 22.3 Å². The monoisotopic (exact) mass is 526 g/mol. The molecule has 3 N–H and O–H groups in total. The van der Waals surface area contributed by atoms with Crippen LogP contribution in [0, 0.1) is 5.82 Å². The zero-order valence-electron chi connectivity index (χ0n) is 20.1. The first-order chi connectivity index (χ1) is 18.3. The van der Waals surface area contributed by atoms with Crippen molar-refractivity contribution in [3.05, 3.63) is 54.5 Å². The fourth-order valence-corrected chi connectivity index (χ4v) is 4.68. The number of ether oxygens (including phenoxy) is 1. The van der Waals surface area contributed by atoms with Gasteiger partial charge in [0.1, 0.15) is 17.6 Å². The Kier molecular flexibility index (Phi) is 5.86. The van der Waals surface area contributed by atoms with E-state index >= 15 is 0 Å². The molecular weight excluding hydrogens is 504 g/mol. The van der Waals surface area contributed by atoms with Gasteiger partial charge in [0.05, 0.1) is 22.3 Å². The molecule has 1 fully saturated rings. The van der Waals surface area contributed by atoms with E-state index < -0.39 is 17.7 Å². The Morgan fingerprint density at radius 2 is 1.97 bits per heavy atom. The smallest absolute Gasteiger partial charge is 0.435 e. The summed E-state index contributed by atoms with van der Waals surface area (Å²) in [5, 5.41) is 11.0. The lowest BCUT2D eigenvalue weighted by Gasteiger charge is -2.13. The Morgan fingerprint density at radius 1 is 1.16 bits per heavy atom. The van der Waals surface area contributed by atoms with Gasteiger partial charge in [-0.25, -0.2) is 24.0 Å². The average Bonchev–Trinajstić information content (AvgIpc) is 3.64. The Morgan fingerprint density at radius 3 is 2.66 bits per heavy atom. The molecular formula is C25H22F4N8O. The van der Waals surface area contributed by atoms with E-state index in [1.807, 2.05) is 6.92 Å². The fourth-order valence-electron chi connectivity index (χ4n) is 4.68. The minimum absolute atomic E-state index is 0.0358. The van der Waals surface area contributed by atoms with Crippen LogP contribution in [0.4, 0.5) is 23.2 Å². The van der Waals surface area contributed by atoms with E-state index in [-0.39, 0.29) is 17.8 Å². The largest absolute Gasteiger partial charge is 0.459 e. The van der Waals surface area contributed by atoms with Gasteiger partial charge in [-0.3, -0.25) is 0 Å². The highest BCUT2D eigenvalue weighted by molar-refractivity contribution is 6.15. The van der Waals surface area contributed by atoms with Crippen LogP contribution in [-0.2, 0) is 6.18 Å². The van der Waals surface area contributed by atoms with Gasteiger partial charge in [0.2, 0.25) is 0 Å². The number of aromatic nitrogens is 6. The number of hydrogen-bond acceptors (Lipinski definition) is 7. The second kappa shape index (κ2) is 9.24. The number of halogens is 4. The van der Waals surface area contributed by atoms with Crippen molar-refractivity contribution in [2.75, 3.05) is 25.0 Å². The third-order valence-corrected chi connectivity index (χ3v) is 6.37. The van der Waals surface area contributed by atoms with Crippen molar-refractivity contribution in [1.82, 2.24) is 35.0 Å². The van der Waals surface area contributed by atoms with Gasteiger partial charge in [-0.2, -0.15) is 18.3 Å². The molecule has 5 heterocycles. The van der Waals surface area contributed by atoms with Gasteiger partial charge in [-0.05, 0) is 38.1 Å². The van der Waals surface area contributed by atoms with Crippen molar-refractivity contribution >= 4 is 27.6 Å². The number of alkyl halides is 3. The molecule has 0 aliphatic carbocycles. The molecule has 0 amide bonds. The van der Waals surface area contributed by atoms with Crippen LogP contribution < -0.4 is 15.4 Å². The minimum atomic E-state index is -4.64. The summed E-state index contributed by atoms with van der Waals surface area (Å²) in [4.78, 5) is 16.3. The molecule has 1 aliphatic heterocycles. The third kappa shape index (κ3) is 4.28. The number of nitrogens with zero attached hydrogens (tertiary/aromatic N) is 5. The maximum absolute atomic E-state index is 14.7. The molecule has 0 saturated carbocycles. The molecule has 0 unspecified atom stereocenters. The molecule has 4 aromatic heterocycles. The molecule has 5 aromatic rings. The first-order valence-electron chi connectivity index (χ1n) is 12.0. The minimum Gasteiger partial charge on any atom is -0.459 e. The van der Waals surface area contributed by atoms with Gasteiger partial charge in [0, 0.05) is 54.4 Å². The highest BCUT2D eigenvalue weighted by atomic mass is 19.4. The summed E-state index contributed by atoms with van der Waals surface area (Å²) in [5.41, 5.74) is 1.56. The lowest BCUT2D eigenvalue weighted by atomic mass is 10.0. The quantitative estimate of drug-likeness (QED) is 0.276. The van der Waals surface area contributed by atoms with Crippen molar-refractivity contribution in [3.8, 4) is 22.8 Å². The molecule has 0 bridgehead atoms. The zero-order chi connectivity index (χ0) is 26.4. The highest BCUT2D eigenvalue weighted by Gasteiger charge is 2.34. The number of benzene rings is 1. The van der Waals surface area contributed by atoms with E-state index in [2.05, 4.69) is 35.7 Å². The molecule has 1 saturated heterocycles. The van der Waals surface area contributed by atoms with Gasteiger partial charge < -0.3 is 20.4 Å². The SMILES string of the molecule is CCNc1cc(F)cc2c1[nH]c1ncc(-c3cnc(O[C@H]4CCNC4)nc3)c(-n3ccc(C(F)(F)F)n3)c12. The van der Waals surface area contributed by atoms with E-state index in [1.165, 1.54) is 36.9 Å². The molecule has 6 rings (SSSR count). The van der Waals surface area contributed by atoms with Gasteiger partial charge in [0.25, 0.3) is 0 Å². The Balaban J connectivity index is 1.56. The van der Waals surface area contributed by atoms with Crippen LogP contribution in [-0.4, -0.2) is 55.5 Å². The standard InChI is InChI=1S/C25H22F4N8O/c1-2-31-18-8-14(26)7-16-20-22(37-6-4-19(36-37)25(27,28)29)17(12-32-23(20)35-21(16)18)13-9-33-24(34-10-13)38-15-3-5-30-11-15/h4,6-10,12,15,30-31H,2-3,5,11H2,1H3,(H,32,35)/t15-/m0/s1. The number of H-pyrrole nitrogens is 1. The molecule has 196 valence electrons. The summed E-state index contributed by atoms with van der Waals surface area (Å²) >= 11 is 0. The third-order valence-electron chi connectivity index (χ3n) is 6.37. The molecule has 13 heteroatoms. The second-order valence-corrected chi connectivity index (χ2v) is 8.91. The number of anilines is 1. The summed E-state index contributed by atoms with van der Waals surface area (Å²) in [6.45, 7) is 3.96. The molecule has 1 aromatic carbocycles. The lowest BCUT2D eigenvalue weighted by Crippen LogP contribution is -2.20. The number of pyridine rings is 1. The number of aromatic amines is 1.